The summed E-state index contributed by atoms with van der Waals surface area (Å²) < 4.78 is 5.38. The first-order valence-electron chi connectivity index (χ1n) is 9.35. The van der Waals surface area contributed by atoms with E-state index < -0.39 is 5.56 Å². The fourth-order valence-electron chi connectivity index (χ4n) is 3.62. The van der Waals surface area contributed by atoms with Crippen molar-refractivity contribution in [1.29, 1.82) is 0 Å². The van der Waals surface area contributed by atoms with E-state index in [1.807, 2.05) is 36.4 Å². The van der Waals surface area contributed by atoms with Crippen LogP contribution in [0.15, 0.2) is 64.0 Å². The summed E-state index contributed by atoms with van der Waals surface area (Å²) in [7, 11) is 0. The van der Waals surface area contributed by atoms with Gasteiger partial charge >= 0.3 is 0 Å². The summed E-state index contributed by atoms with van der Waals surface area (Å²) in [5.74, 6) is 0.715. The summed E-state index contributed by atoms with van der Waals surface area (Å²) in [6.45, 7) is 0.973. The smallest absolute Gasteiger partial charge is 0.262 e. The lowest BCUT2D eigenvalue weighted by molar-refractivity contribution is 0.0789. The summed E-state index contributed by atoms with van der Waals surface area (Å²) in [6, 6.07) is 14.7. The molecule has 1 saturated heterocycles. The molecular formula is C21H17N5O3. The maximum Gasteiger partial charge on any atom is 0.262 e. The van der Waals surface area contributed by atoms with Crippen LogP contribution in [-0.4, -0.2) is 44.0 Å². The number of benzene rings is 1. The van der Waals surface area contributed by atoms with Crippen molar-refractivity contribution in [3.8, 4) is 11.5 Å². The van der Waals surface area contributed by atoms with Gasteiger partial charge in [-0.3, -0.25) is 9.59 Å². The van der Waals surface area contributed by atoms with E-state index in [2.05, 4.69) is 20.1 Å². The molecule has 4 heterocycles. The van der Waals surface area contributed by atoms with E-state index in [0.29, 0.717) is 36.9 Å². The number of rotatable bonds is 3. The molecule has 144 valence electrons. The van der Waals surface area contributed by atoms with Gasteiger partial charge in [-0.15, -0.1) is 0 Å². The Hall–Kier alpha value is -3.81. The van der Waals surface area contributed by atoms with E-state index in [0.717, 1.165) is 10.9 Å². The molecule has 1 fully saturated rings. The van der Waals surface area contributed by atoms with Crippen molar-refractivity contribution in [2.45, 2.75) is 12.3 Å². The maximum absolute atomic E-state index is 12.9. The number of hydrogen-bond donors (Lipinski definition) is 1. The van der Waals surface area contributed by atoms with Gasteiger partial charge in [0, 0.05) is 36.2 Å². The molecule has 1 aliphatic heterocycles. The average molecular weight is 387 g/mol. The number of amides is 1. The Morgan fingerprint density at radius 1 is 1.17 bits per heavy atom. The highest BCUT2D eigenvalue weighted by Gasteiger charge is 2.32. The van der Waals surface area contributed by atoms with E-state index in [9.17, 15) is 9.59 Å². The minimum Gasteiger partial charge on any atom is -0.338 e. The zero-order valence-corrected chi connectivity index (χ0v) is 15.4. The number of H-pyrrole nitrogens is 1. The molecule has 3 aromatic heterocycles. The topological polar surface area (TPSA) is 105 Å². The highest BCUT2D eigenvalue weighted by molar-refractivity contribution is 5.96. The van der Waals surface area contributed by atoms with Crippen LogP contribution in [-0.2, 0) is 0 Å². The first kappa shape index (κ1) is 17.3. The molecule has 1 aliphatic rings. The predicted octanol–water partition coefficient (Wildman–Crippen LogP) is 2.60. The lowest BCUT2D eigenvalue weighted by Gasteiger charge is -2.15. The molecular weight excluding hydrogens is 370 g/mol. The molecule has 1 unspecified atom stereocenters. The molecule has 1 amide bonds. The third kappa shape index (κ3) is 3.18. The Morgan fingerprint density at radius 2 is 2.03 bits per heavy atom. The zero-order chi connectivity index (χ0) is 19.8. The van der Waals surface area contributed by atoms with Crippen molar-refractivity contribution in [3.05, 3.63) is 76.5 Å². The normalized spacial score (nSPS) is 16.4. The van der Waals surface area contributed by atoms with Gasteiger partial charge in [-0.25, -0.2) is 4.98 Å². The molecule has 1 N–H and O–H groups in total. The van der Waals surface area contributed by atoms with Gasteiger partial charge < -0.3 is 14.4 Å². The second kappa shape index (κ2) is 6.97. The van der Waals surface area contributed by atoms with Gasteiger partial charge in [0.25, 0.3) is 17.4 Å². The van der Waals surface area contributed by atoms with E-state index >= 15 is 0 Å². The summed E-state index contributed by atoms with van der Waals surface area (Å²) >= 11 is 0. The molecule has 1 aromatic carbocycles. The molecule has 1 atom stereocenters. The van der Waals surface area contributed by atoms with Crippen molar-refractivity contribution in [2.24, 2.45) is 0 Å². The highest BCUT2D eigenvalue weighted by Crippen LogP contribution is 2.28. The lowest BCUT2D eigenvalue weighted by atomic mass is 10.1. The van der Waals surface area contributed by atoms with Crippen LogP contribution < -0.4 is 5.56 Å². The molecule has 29 heavy (non-hydrogen) atoms. The molecule has 0 saturated carbocycles. The quantitative estimate of drug-likeness (QED) is 0.579. The molecule has 4 aromatic rings. The van der Waals surface area contributed by atoms with Gasteiger partial charge in [0.15, 0.2) is 5.82 Å². The second-order valence-electron chi connectivity index (χ2n) is 7.01. The SMILES string of the molecule is O=C(c1cc2cccnc2[nH]c1=O)N1CCC(c2noc(-c3ccccc3)n2)C1. The number of likely N-dealkylation sites (tertiary alicyclic amines) is 1. The minimum absolute atomic E-state index is 0.0265. The number of hydrogen-bond acceptors (Lipinski definition) is 6. The Bertz CT molecular complexity index is 1250. The van der Waals surface area contributed by atoms with Gasteiger partial charge in [0.1, 0.15) is 11.2 Å². The molecule has 0 spiro atoms. The fraction of sp³-hybridized carbons (Fsp3) is 0.190. The van der Waals surface area contributed by atoms with Crippen molar-refractivity contribution < 1.29 is 9.32 Å². The molecule has 0 bridgehead atoms. The predicted molar refractivity (Wildman–Crippen MR) is 105 cm³/mol. The summed E-state index contributed by atoms with van der Waals surface area (Å²) in [6.07, 6.45) is 2.31. The Balaban J connectivity index is 1.36. The van der Waals surface area contributed by atoms with Gasteiger partial charge in [0.2, 0.25) is 0 Å². The summed E-state index contributed by atoms with van der Waals surface area (Å²) in [5, 5.41) is 4.82. The van der Waals surface area contributed by atoms with Crippen LogP contribution in [0.1, 0.15) is 28.5 Å². The molecule has 0 aliphatic carbocycles. The van der Waals surface area contributed by atoms with Crippen LogP contribution in [0.2, 0.25) is 0 Å². The van der Waals surface area contributed by atoms with Crippen molar-refractivity contribution >= 4 is 16.9 Å². The third-order valence-electron chi connectivity index (χ3n) is 5.15. The summed E-state index contributed by atoms with van der Waals surface area (Å²) in [5.41, 5.74) is 1.00. The number of carbonyl (C=O) groups is 1. The highest BCUT2D eigenvalue weighted by atomic mass is 16.5. The standard InChI is InChI=1S/C21H17N5O3/c27-19-16(11-14-7-4-9-22-17(14)23-19)21(28)26-10-8-15(12-26)18-24-20(29-25-18)13-5-2-1-3-6-13/h1-7,9,11,15H,8,10,12H2,(H,22,23,27). The van der Waals surface area contributed by atoms with Crippen LogP contribution in [0.5, 0.6) is 0 Å². The van der Waals surface area contributed by atoms with E-state index in [1.165, 1.54) is 0 Å². The Kier molecular flexibility index (Phi) is 4.16. The number of nitrogens with one attached hydrogen (secondary N) is 1. The van der Waals surface area contributed by atoms with Gasteiger partial charge in [-0.05, 0) is 36.8 Å². The first-order chi connectivity index (χ1) is 14.2. The van der Waals surface area contributed by atoms with E-state index in [1.54, 1.807) is 23.2 Å². The number of nitrogens with zero attached hydrogens (tertiary/aromatic N) is 4. The van der Waals surface area contributed by atoms with Crippen LogP contribution in [0.25, 0.3) is 22.5 Å². The molecule has 0 radical (unpaired) electrons. The van der Waals surface area contributed by atoms with E-state index in [4.69, 9.17) is 4.52 Å². The average Bonchev–Trinajstić information content (AvgIpc) is 3.43. The minimum atomic E-state index is -0.435. The first-order valence-corrected chi connectivity index (χ1v) is 9.35. The number of aromatic nitrogens is 4. The second-order valence-corrected chi connectivity index (χ2v) is 7.01. The summed E-state index contributed by atoms with van der Waals surface area (Å²) in [4.78, 5) is 38.2. The number of aromatic amines is 1. The largest absolute Gasteiger partial charge is 0.338 e. The Labute approximate surface area is 165 Å². The number of carbonyl (C=O) groups excluding carboxylic acids is 1. The van der Waals surface area contributed by atoms with Crippen LogP contribution in [0.4, 0.5) is 0 Å². The van der Waals surface area contributed by atoms with Crippen molar-refractivity contribution in [3.63, 3.8) is 0 Å². The van der Waals surface area contributed by atoms with Crippen LogP contribution in [0.3, 0.4) is 0 Å². The molecule has 5 rings (SSSR count). The monoisotopic (exact) mass is 387 g/mol. The molecule has 8 heteroatoms. The van der Waals surface area contributed by atoms with Crippen molar-refractivity contribution in [1.82, 2.24) is 25.0 Å². The zero-order valence-electron chi connectivity index (χ0n) is 15.4. The van der Waals surface area contributed by atoms with Crippen molar-refractivity contribution in [2.75, 3.05) is 13.1 Å². The van der Waals surface area contributed by atoms with E-state index in [-0.39, 0.29) is 17.4 Å². The fourth-order valence-corrected chi connectivity index (χ4v) is 3.62. The maximum atomic E-state index is 12.9. The number of pyridine rings is 2. The third-order valence-corrected chi connectivity index (χ3v) is 5.15. The van der Waals surface area contributed by atoms with Gasteiger partial charge in [-0.2, -0.15) is 4.98 Å². The van der Waals surface area contributed by atoms with Gasteiger partial charge in [0.05, 0.1) is 0 Å². The Morgan fingerprint density at radius 3 is 2.90 bits per heavy atom. The molecule has 8 nitrogen and oxygen atoms in total. The van der Waals surface area contributed by atoms with Gasteiger partial charge in [-0.1, -0.05) is 23.4 Å². The number of fused-ring (bicyclic) bond motifs is 1. The van der Waals surface area contributed by atoms with Crippen LogP contribution in [0, 0.1) is 0 Å². The lowest BCUT2D eigenvalue weighted by Crippen LogP contribution is -2.33. The van der Waals surface area contributed by atoms with Crippen LogP contribution >= 0.6 is 0 Å².